The van der Waals surface area contributed by atoms with E-state index in [0.717, 1.165) is 55.9 Å². The highest BCUT2D eigenvalue weighted by molar-refractivity contribution is 5.83. The number of carbonyl (C=O) groups is 2. The van der Waals surface area contributed by atoms with Crippen molar-refractivity contribution in [1.29, 1.82) is 0 Å². The summed E-state index contributed by atoms with van der Waals surface area (Å²) < 4.78 is 58.0. The van der Waals surface area contributed by atoms with E-state index in [1.165, 1.54) is 19.6 Å². The van der Waals surface area contributed by atoms with Gasteiger partial charge >= 0.3 is 12.1 Å². The number of nitrogens with zero attached hydrogens (tertiary/aromatic N) is 3. The molecule has 1 saturated heterocycles. The number of ether oxygens (including phenoxy) is 1. The molecule has 0 aromatic carbocycles. The van der Waals surface area contributed by atoms with Crippen LogP contribution in [-0.4, -0.2) is 90.3 Å². The van der Waals surface area contributed by atoms with Crippen molar-refractivity contribution in [2.75, 3.05) is 46.5 Å². The van der Waals surface area contributed by atoms with Crippen LogP contribution in [0, 0.1) is 6.92 Å². The van der Waals surface area contributed by atoms with Crippen LogP contribution in [0.4, 0.5) is 17.6 Å². The first-order valence-electron chi connectivity index (χ1n) is 13.5. The van der Waals surface area contributed by atoms with Gasteiger partial charge in [-0.3, -0.25) is 9.48 Å². The van der Waals surface area contributed by atoms with E-state index in [-0.39, 0.29) is 25.2 Å². The average molecular weight is 576 g/mol. The second-order valence-corrected chi connectivity index (χ2v) is 9.92. The molecule has 40 heavy (non-hydrogen) atoms. The number of carbonyl (C=O) groups excluding carboxylic acids is 1. The highest BCUT2D eigenvalue weighted by Gasteiger charge is 2.34. The van der Waals surface area contributed by atoms with Crippen LogP contribution in [0.5, 0.6) is 0 Å². The molecule has 1 aliphatic heterocycles. The number of piperidine rings is 1. The number of unbranched alkanes of at least 4 members (excludes halogenated alkanes) is 2. The summed E-state index contributed by atoms with van der Waals surface area (Å²) in [6, 6.07) is -0.456. The minimum atomic E-state index is -4.65. The standard InChI is InChI=1S/C27H41F4N5O4/c1-20-15-24(27(29,30)31)34-36(20)19-25(37)33-23(26(38)39)11-14-35(18-22(16-28)40-2)13-7-5-3-4-6-9-21-10-8-12-32-17-21/h4,6,9,15,22-23,32H,3,5,7-8,10-14,16-19H2,1-2H3,(H,33,37)(H,38,39)/b6-4?,21-9-. The molecule has 1 amide bonds. The van der Waals surface area contributed by atoms with E-state index in [1.807, 2.05) is 4.90 Å². The number of allylic oxidation sites excluding steroid dienone is 3. The monoisotopic (exact) mass is 575 g/mol. The number of halogens is 4. The summed E-state index contributed by atoms with van der Waals surface area (Å²) >= 11 is 0. The first-order valence-corrected chi connectivity index (χ1v) is 13.5. The highest BCUT2D eigenvalue weighted by atomic mass is 19.4. The third kappa shape index (κ3) is 12.2. The van der Waals surface area contributed by atoms with Gasteiger partial charge in [-0.25, -0.2) is 9.18 Å². The van der Waals surface area contributed by atoms with E-state index < -0.39 is 49.1 Å². The highest BCUT2D eigenvalue weighted by Crippen LogP contribution is 2.28. The molecule has 1 aliphatic rings. The predicted octanol–water partition coefficient (Wildman–Crippen LogP) is 3.49. The smallest absolute Gasteiger partial charge is 0.435 e. The number of hydrogen-bond acceptors (Lipinski definition) is 6. The fraction of sp³-hybridized carbons (Fsp3) is 0.667. The van der Waals surface area contributed by atoms with E-state index in [9.17, 15) is 32.3 Å². The van der Waals surface area contributed by atoms with Crippen LogP contribution >= 0.6 is 0 Å². The van der Waals surface area contributed by atoms with Crippen LogP contribution in [0.3, 0.4) is 0 Å². The first-order chi connectivity index (χ1) is 19.0. The topological polar surface area (TPSA) is 109 Å². The summed E-state index contributed by atoms with van der Waals surface area (Å²) in [5, 5.41) is 18.7. The van der Waals surface area contributed by atoms with Gasteiger partial charge in [0.15, 0.2) is 5.69 Å². The maximum absolute atomic E-state index is 13.3. The molecule has 2 heterocycles. The molecular formula is C27H41F4N5O4. The molecule has 9 nitrogen and oxygen atoms in total. The van der Waals surface area contributed by atoms with Crippen LogP contribution in [0.15, 0.2) is 29.9 Å². The molecule has 1 fully saturated rings. The SMILES string of the molecule is COC(CF)CN(CCCCC=C/C=C1/CCCNC1)CCC(NC(=O)Cn1nc(C(F)(F)F)cc1C)C(=O)O. The number of aryl methyl sites for hydroxylation is 1. The second kappa shape index (κ2) is 17.1. The Bertz CT molecular complexity index is 984. The Hall–Kier alpha value is -2.77. The Morgan fingerprint density at radius 2 is 2.10 bits per heavy atom. The van der Waals surface area contributed by atoms with E-state index in [0.29, 0.717) is 6.54 Å². The van der Waals surface area contributed by atoms with Crippen LogP contribution in [0.25, 0.3) is 0 Å². The van der Waals surface area contributed by atoms with Crippen molar-refractivity contribution >= 4 is 11.9 Å². The molecule has 0 aliphatic carbocycles. The number of carboxylic acid groups (broad SMARTS) is 1. The van der Waals surface area contributed by atoms with Crippen molar-refractivity contribution in [3.63, 3.8) is 0 Å². The number of hydrogen-bond donors (Lipinski definition) is 3. The number of amides is 1. The van der Waals surface area contributed by atoms with Gasteiger partial charge in [-0.1, -0.05) is 23.8 Å². The Morgan fingerprint density at radius 1 is 1.32 bits per heavy atom. The fourth-order valence-corrected chi connectivity index (χ4v) is 4.34. The number of carboxylic acids is 1. The first kappa shape index (κ1) is 33.4. The quantitative estimate of drug-likeness (QED) is 0.193. The van der Waals surface area contributed by atoms with Gasteiger partial charge in [-0.2, -0.15) is 18.3 Å². The zero-order chi connectivity index (χ0) is 29.5. The molecule has 226 valence electrons. The molecule has 0 saturated carbocycles. The Labute approximate surface area is 232 Å². The molecule has 0 radical (unpaired) electrons. The minimum absolute atomic E-state index is 0.0250. The third-order valence-corrected chi connectivity index (χ3v) is 6.67. The largest absolute Gasteiger partial charge is 0.480 e. The lowest BCUT2D eigenvalue weighted by molar-refractivity contribution is -0.142. The molecule has 0 spiro atoms. The van der Waals surface area contributed by atoms with Crippen molar-refractivity contribution in [2.24, 2.45) is 0 Å². The maximum Gasteiger partial charge on any atom is 0.435 e. The van der Waals surface area contributed by atoms with Gasteiger partial charge in [0.05, 0.1) is 6.10 Å². The number of nitrogens with one attached hydrogen (secondary N) is 2. The van der Waals surface area contributed by atoms with Crippen molar-refractivity contribution in [3.8, 4) is 0 Å². The van der Waals surface area contributed by atoms with Gasteiger partial charge in [0.2, 0.25) is 5.91 Å². The van der Waals surface area contributed by atoms with E-state index in [2.05, 4.69) is 34.0 Å². The average Bonchev–Trinajstić information content (AvgIpc) is 3.29. The summed E-state index contributed by atoms with van der Waals surface area (Å²) in [5.41, 5.74) is 0.379. The molecule has 3 N–H and O–H groups in total. The zero-order valence-corrected chi connectivity index (χ0v) is 23.2. The van der Waals surface area contributed by atoms with Crippen LogP contribution < -0.4 is 10.6 Å². The lowest BCUT2D eigenvalue weighted by Gasteiger charge is -2.27. The lowest BCUT2D eigenvalue weighted by Crippen LogP contribution is -2.45. The van der Waals surface area contributed by atoms with E-state index in [4.69, 9.17) is 4.74 Å². The van der Waals surface area contributed by atoms with E-state index >= 15 is 0 Å². The molecule has 1 aromatic rings. The second-order valence-electron chi connectivity index (χ2n) is 9.92. The Balaban J connectivity index is 1.87. The van der Waals surface area contributed by atoms with Crippen molar-refractivity contribution < 1.29 is 37.0 Å². The van der Waals surface area contributed by atoms with Crippen molar-refractivity contribution in [3.05, 3.63) is 41.3 Å². The molecule has 2 unspecified atom stereocenters. The van der Waals surface area contributed by atoms with Gasteiger partial charge in [0.1, 0.15) is 19.3 Å². The Morgan fingerprint density at radius 3 is 2.70 bits per heavy atom. The van der Waals surface area contributed by atoms with Crippen LogP contribution in [0.1, 0.15) is 49.9 Å². The van der Waals surface area contributed by atoms with Gasteiger partial charge in [-0.15, -0.1) is 0 Å². The van der Waals surface area contributed by atoms with Gasteiger partial charge in [0.25, 0.3) is 0 Å². The maximum atomic E-state index is 13.3. The molecule has 13 heteroatoms. The third-order valence-electron chi connectivity index (χ3n) is 6.67. The summed E-state index contributed by atoms with van der Waals surface area (Å²) in [5.74, 6) is -2.05. The van der Waals surface area contributed by atoms with Crippen molar-refractivity contribution in [2.45, 2.75) is 70.3 Å². The number of rotatable bonds is 17. The van der Waals surface area contributed by atoms with Gasteiger partial charge in [0, 0.05) is 32.4 Å². The summed E-state index contributed by atoms with van der Waals surface area (Å²) in [7, 11) is 1.41. The number of alkyl halides is 4. The zero-order valence-electron chi connectivity index (χ0n) is 23.2. The van der Waals surface area contributed by atoms with Crippen LogP contribution in [0.2, 0.25) is 0 Å². The molecule has 2 rings (SSSR count). The van der Waals surface area contributed by atoms with Crippen molar-refractivity contribution in [1.82, 2.24) is 25.3 Å². The minimum Gasteiger partial charge on any atom is -0.480 e. The lowest BCUT2D eigenvalue weighted by atomic mass is 10.1. The molecule has 0 bridgehead atoms. The normalized spacial score (nSPS) is 17.0. The summed E-state index contributed by atoms with van der Waals surface area (Å²) in [4.78, 5) is 26.2. The number of methoxy groups -OCH3 is 1. The summed E-state index contributed by atoms with van der Waals surface area (Å²) in [6.45, 7) is 3.21. The van der Waals surface area contributed by atoms with Gasteiger partial charge < -0.3 is 25.4 Å². The molecular weight excluding hydrogens is 534 g/mol. The molecule has 1 aromatic heterocycles. The summed E-state index contributed by atoms with van der Waals surface area (Å²) in [6.07, 6.45) is 5.86. The number of aromatic nitrogens is 2. The Kier molecular flexibility index (Phi) is 14.3. The number of aliphatic carboxylic acids is 1. The van der Waals surface area contributed by atoms with Gasteiger partial charge in [-0.05, 0) is 64.6 Å². The van der Waals surface area contributed by atoms with Crippen LogP contribution in [-0.2, 0) is 27.0 Å². The van der Waals surface area contributed by atoms with E-state index in [1.54, 1.807) is 0 Å². The predicted molar refractivity (Wildman–Crippen MR) is 143 cm³/mol. The fourth-order valence-electron chi connectivity index (χ4n) is 4.34. The molecule has 2 atom stereocenters.